The highest BCUT2D eigenvalue weighted by Crippen LogP contribution is 2.13. The molecule has 0 spiro atoms. The molecule has 0 aromatic heterocycles. The van der Waals surface area contributed by atoms with E-state index in [2.05, 4.69) is 130 Å². The average Bonchev–Trinajstić information content (AvgIpc) is 3.31. The van der Waals surface area contributed by atoms with Gasteiger partial charge in [-0.2, -0.15) is 0 Å². The molecule has 0 aliphatic heterocycles. The fourth-order valence-electron chi connectivity index (χ4n) is 6.81. The van der Waals surface area contributed by atoms with Crippen LogP contribution in [0.4, 0.5) is 0 Å². The van der Waals surface area contributed by atoms with Crippen molar-refractivity contribution in [2.45, 2.75) is 226 Å². The summed E-state index contributed by atoms with van der Waals surface area (Å²) in [6, 6.07) is 0. The van der Waals surface area contributed by atoms with E-state index in [0.29, 0.717) is 19.3 Å². The molecule has 0 N–H and O–H groups in total. The summed E-state index contributed by atoms with van der Waals surface area (Å²) in [6.45, 7) is 6.28. The zero-order valence-corrected chi connectivity index (χ0v) is 42.4. The van der Waals surface area contributed by atoms with E-state index < -0.39 is 12.1 Å². The largest absolute Gasteiger partial charge is 0.462 e. The number of esters is 3. The first-order valence-electron chi connectivity index (χ1n) is 26.6. The quantitative estimate of drug-likeness (QED) is 0.0199. The Morgan fingerprint density at radius 3 is 1.15 bits per heavy atom. The Morgan fingerprint density at radius 1 is 0.333 bits per heavy atom. The van der Waals surface area contributed by atoms with Crippen molar-refractivity contribution in [3.8, 4) is 0 Å². The molecule has 0 aromatic rings. The monoisotopic (exact) mass is 913 g/mol. The molecule has 0 saturated heterocycles. The lowest BCUT2D eigenvalue weighted by Crippen LogP contribution is -2.30. The molecule has 0 aromatic carbocycles. The van der Waals surface area contributed by atoms with Crippen molar-refractivity contribution in [2.75, 3.05) is 13.2 Å². The van der Waals surface area contributed by atoms with Crippen LogP contribution in [0, 0.1) is 0 Å². The van der Waals surface area contributed by atoms with E-state index >= 15 is 0 Å². The van der Waals surface area contributed by atoms with Crippen molar-refractivity contribution < 1.29 is 28.6 Å². The number of carbonyl (C=O) groups is 3. The summed E-state index contributed by atoms with van der Waals surface area (Å²) in [5.41, 5.74) is 0. The van der Waals surface area contributed by atoms with Gasteiger partial charge in [-0.25, -0.2) is 0 Å². The van der Waals surface area contributed by atoms with Gasteiger partial charge in [0, 0.05) is 19.3 Å². The minimum Gasteiger partial charge on any atom is -0.462 e. The van der Waals surface area contributed by atoms with Crippen LogP contribution < -0.4 is 0 Å². The Labute approximate surface area is 405 Å². The van der Waals surface area contributed by atoms with Crippen LogP contribution >= 0.6 is 0 Å². The number of carbonyl (C=O) groups excluding carboxylic acids is 3. The lowest BCUT2D eigenvalue weighted by Gasteiger charge is -2.18. The predicted octanol–water partition coefficient (Wildman–Crippen LogP) is 17.7. The van der Waals surface area contributed by atoms with E-state index in [1.165, 1.54) is 77.0 Å². The third-order valence-corrected chi connectivity index (χ3v) is 10.8. The molecule has 0 aliphatic rings. The molecular formula is C60H96O6. The second-order valence-electron chi connectivity index (χ2n) is 17.1. The Hall–Kier alpha value is -4.19. The highest BCUT2D eigenvalue weighted by molar-refractivity contribution is 5.71. The van der Waals surface area contributed by atoms with Gasteiger partial charge in [0.1, 0.15) is 13.2 Å². The van der Waals surface area contributed by atoms with Crippen LogP contribution in [0.2, 0.25) is 0 Å². The highest BCUT2D eigenvalue weighted by Gasteiger charge is 2.19. The molecule has 0 amide bonds. The first-order valence-corrected chi connectivity index (χ1v) is 26.6. The van der Waals surface area contributed by atoms with Crippen LogP contribution in [0.15, 0.2) is 122 Å². The average molecular weight is 913 g/mol. The molecule has 0 heterocycles. The fourth-order valence-corrected chi connectivity index (χ4v) is 6.81. The number of ether oxygens (including phenoxy) is 3. The number of hydrogen-bond donors (Lipinski definition) is 0. The molecule has 0 radical (unpaired) electrons. The molecule has 0 bridgehead atoms. The van der Waals surface area contributed by atoms with Crippen molar-refractivity contribution in [1.29, 1.82) is 0 Å². The maximum absolute atomic E-state index is 12.8. The zero-order valence-electron chi connectivity index (χ0n) is 42.4. The Morgan fingerprint density at radius 2 is 0.697 bits per heavy atom. The maximum atomic E-state index is 12.8. The first-order chi connectivity index (χ1) is 32.5. The zero-order chi connectivity index (χ0) is 47.9. The van der Waals surface area contributed by atoms with Gasteiger partial charge in [0.05, 0.1) is 0 Å². The summed E-state index contributed by atoms with van der Waals surface area (Å²) in [5.74, 6) is -1.03. The minimum absolute atomic E-state index is 0.119. The van der Waals surface area contributed by atoms with Gasteiger partial charge in [0.2, 0.25) is 0 Å². The van der Waals surface area contributed by atoms with E-state index in [1.807, 2.05) is 12.2 Å². The van der Waals surface area contributed by atoms with Gasteiger partial charge in [-0.3, -0.25) is 14.4 Å². The summed E-state index contributed by atoms with van der Waals surface area (Å²) in [7, 11) is 0. The standard InChI is InChI=1S/C60H96O6/c1-4-7-10-13-16-19-22-25-28-30-33-35-38-41-44-47-50-53-59(62)65-56-57(55-64-58(61)52-49-46-43-40-37-34-31-27-24-21-18-15-12-9-6-3)66-60(63)54-51-48-45-42-39-36-32-29-26-23-20-17-14-11-8-5-2/h8-9,11-12,15-21,24-26,28-29,36,39,45,48,57H,4-7,10,13-14,22-23,27,30-35,37-38,40-44,46-47,49-56H2,1-3H3/b11-8-,12-9-,18-15-,19-16-,20-17-,24-21-,28-25-,29-26-,39-36-,48-45-. The van der Waals surface area contributed by atoms with Crippen LogP contribution in [0.5, 0.6) is 0 Å². The molecule has 0 saturated carbocycles. The Balaban J connectivity index is 4.54. The van der Waals surface area contributed by atoms with Crippen LogP contribution in [-0.4, -0.2) is 37.2 Å². The molecule has 1 atom stereocenters. The topological polar surface area (TPSA) is 78.9 Å². The van der Waals surface area contributed by atoms with Crippen LogP contribution in [-0.2, 0) is 28.6 Å². The maximum Gasteiger partial charge on any atom is 0.306 e. The molecule has 1 unspecified atom stereocenters. The number of unbranched alkanes of at least 4 members (excludes halogenated alkanes) is 17. The molecule has 372 valence electrons. The SMILES string of the molecule is CC\C=C/C=C\C=C/CCCCCCCCCC(=O)OCC(COC(=O)CCCCCCCCC/C=C\C/C=C\CCCCC)OC(=O)CC/C=C\C/C=C\C/C=C\C/C=C\C/C=C\CC. The smallest absolute Gasteiger partial charge is 0.306 e. The molecule has 0 fully saturated rings. The van der Waals surface area contributed by atoms with E-state index in [4.69, 9.17) is 14.2 Å². The molecular weight excluding hydrogens is 817 g/mol. The second kappa shape index (κ2) is 53.4. The van der Waals surface area contributed by atoms with Crippen LogP contribution in [0.3, 0.4) is 0 Å². The molecule has 0 aliphatic carbocycles. The summed E-state index contributed by atoms with van der Waals surface area (Å²) >= 11 is 0. The molecule has 6 nitrogen and oxygen atoms in total. The lowest BCUT2D eigenvalue weighted by molar-refractivity contribution is -0.166. The third-order valence-electron chi connectivity index (χ3n) is 10.8. The van der Waals surface area contributed by atoms with Crippen LogP contribution in [0.25, 0.3) is 0 Å². The van der Waals surface area contributed by atoms with Crippen molar-refractivity contribution >= 4 is 17.9 Å². The van der Waals surface area contributed by atoms with E-state index in [1.54, 1.807) is 0 Å². The van der Waals surface area contributed by atoms with Gasteiger partial charge in [0.25, 0.3) is 0 Å². The number of rotatable bonds is 46. The van der Waals surface area contributed by atoms with Crippen molar-refractivity contribution in [2.24, 2.45) is 0 Å². The van der Waals surface area contributed by atoms with Gasteiger partial charge in [-0.15, -0.1) is 0 Å². The van der Waals surface area contributed by atoms with Gasteiger partial charge >= 0.3 is 17.9 Å². The van der Waals surface area contributed by atoms with Crippen LogP contribution in [0.1, 0.15) is 220 Å². The normalized spacial score (nSPS) is 13.1. The van der Waals surface area contributed by atoms with Crippen molar-refractivity contribution in [3.05, 3.63) is 122 Å². The van der Waals surface area contributed by atoms with Gasteiger partial charge in [-0.1, -0.05) is 219 Å². The lowest BCUT2D eigenvalue weighted by atomic mass is 10.1. The summed E-state index contributed by atoms with van der Waals surface area (Å²) in [5, 5.41) is 0. The van der Waals surface area contributed by atoms with E-state index in [9.17, 15) is 14.4 Å². The minimum atomic E-state index is -0.829. The summed E-state index contributed by atoms with van der Waals surface area (Å²) in [4.78, 5) is 38.0. The van der Waals surface area contributed by atoms with Gasteiger partial charge in [-0.05, 0) is 103 Å². The van der Waals surface area contributed by atoms with Gasteiger partial charge < -0.3 is 14.2 Å². The predicted molar refractivity (Wildman–Crippen MR) is 283 cm³/mol. The molecule has 6 heteroatoms. The van der Waals surface area contributed by atoms with E-state index in [-0.39, 0.29) is 31.6 Å². The van der Waals surface area contributed by atoms with E-state index in [0.717, 1.165) is 96.3 Å². The summed E-state index contributed by atoms with van der Waals surface area (Å²) in [6.07, 6.45) is 73.3. The second-order valence-corrected chi connectivity index (χ2v) is 17.1. The molecule has 0 rings (SSSR count). The highest BCUT2D eigenvalue weighted by atomic mass is 16.6. The molecule has 66 heavy (non-hydrogen) atoms. The number of allylic oxidation sites excluding steroid dienone is 20. The first kappa shape index (κ1) is 61.8. The summed E-state index contributed by atoms with van der Waals surface area (Å²) < 4.78 is 16.7. The fraction of sp³-hybridized carbons (Fsp3) is 0.617. The Kier molecular flexibility index (Phi) is 50.0. The third kappa shape index (κ3) is 50.8. The van der Waals surface area contributed by atoms with Crippen molar-refractivity contribution in [1.82, 2.24) is 0 Å². The Bertz CT molecular complexity index is 1420. The number of hydrogen-bond acceptors (Lipinski definition) is 6. The van der Waals surface area contributed by atoms with Gasteiger partial charge in [0.15, 0.2) is 6.10 Å². The van der Waals surface area contributed by atoms with Crippen molar-refractivity contribution in [3.63, 3.8) is 0 Å².